The molecule has 0 bridgehead atoms. The molecule has 0 atom stereocenters. The largest absolute Gasteiger partial charge is 0.314 e. The molecule has 1 aromatic heterocycles. The zero-order valence-corrected chi connectivity index (χ0v) is 30.3. The van der Waals surface area contributed by atoms with Crippen molar-refractivity contribution < 1.29 is 0 Å². The molecule has 2 nitrogen and oxygen atoms in total. The second-order valence-corrected chi connectivity index (χ2v) is 14.5. The number of hydrogen-bond acceptors (Lipinski definition) is 1. The standard InChI is InChI=1S/C51H40N2/c1-5-16-42-43-22-11-13-24-46(43)51(3,4)47(42)33-35(2)52(48-26-15-18-37-17-9-10-21-41(37)48)40-30-27-36(28-31-40)38-29-32-50-45(34-38)44-23-12-14-25-49(44)53(50)39-19-7-6-8-20-39/h1,6-15,17-34H,16H2,2-4H3/b35-33+. The van der Waals surface area contributed by atoms with Crippen LogP contribution in [-0.2, 0) is 5.41 Å². The molecule has 0 amide bonds. The van der Waals surface area contributed by atoms with Crippen LogP contribution in [0.25, 0.3) is 55.0 Å². The lowest BCUT2D eigenvalue weighted by Crippen LogP contribution is -2.19. The van der Waals surface area contributed by atoms with Crippen LogP contribution in [0, 0.1) is 12.3 Å². The van der Waals surface area contributed by atoms with Crippen LogP contribution in [-0.4, -0.2) is 4.57 Å². The fraction of sp³-hybridized carbons (Fsp3) is 0.0980. The van der Waals surface area contributed by atoms with Crippen molar-refractivity contribution in [1.29, 1.82) is 0 Å². The Morgan fingerprint density at radius 2 is 1.32 bits per heavy atom. The Hall–Kier alpha value is -6.56. The summed E-state index contributed by atoms with van der Waals surface area (Å²) in [6.07, 6.45) is 8.95. The van der Waals surface area contributed by atoms with E-state index in [-0.39, 0.29) is 5.41 Å². The summed E-state index contributed by atoms with van der Waals surface area (Å²) >= 11 is 0. The van der Waals surface area contributed by atoms with Gasteiger partial charge in [0.1, 0.15) is 0 Å². The van der Waals surface area contributed by atoms with Crippen molar-refractivity contribution in [3.63, 3.8) is 0 Å². The van der Waals surface area contributed by atoms with Gasteiger partial charge in [0.2, 0.25) is 0 Å². The summed E-state index contributed by atoms with van der Waals surface area (Å²) in [5.74, 6) is 2.96. The Morgan fingerprint density at radius 3 is 2.13 bits per heavy atom. The average molecular weight is 681 g/mol. The van der Waals surface area contributed by atoms with Gasteiger partial charge in [-0.2, -0.15) is 0 Å². The molecule has 0 saturated heterocycles. The lowest BCUT2D eigenvalue weighted by molar-refractivity contribution is 0.652. The van der Waals surface area contributed by atoms with Crippen LogP contribution in [0.15, 0.2) is 181 Å². The number of allylic oxidation sites excluding steroid dienone is 4. The van der Waals surface area contributed by atoms with Crippen molar-refractivity contribution in [2.24, 2.45) is 0 Å². The number of terminal acetylenes is 1. The average Bonchev–Trinajstić information content (AvgIpc) is 3.63. The molecule has 0 spiro atoms. The van der Waals surface area contributed by atoms with Gasteiger partial charge in [-0.25, -0.2) is 0 Å². The fourth-order valence-corrected chi connectivity index (χ4v) is 8.54. The molecule has 254 valence electrons. The highest BCUT2D eigenvalue weighted by atomic mass is 15.1. The number of aromatic nitrogens is 1. The fourth-order valence-electron chi connectivity index (χ4n) is 8.54. The maximum atomic E-state index is 5.98. The molecular weight excluding hydrogens is 641 g/mol. The summed E-state index contributed by atoms with van der Waals surface area (Å²) in [6, 6.07) is 59.2. The molecule has 0 saturated carbocycles. The number of para-hydroxylation sites is 2. The number of fused-ring (bicyclic) bond motifs is 5. The zero-order valence-electron chi connectivity index (χ0n) is 30.3. The molecule has 0 radical (unpaired) electrons. The van der Waals surface area contributed by atoms with E-state index in [1.807, 2.05) is 0 Å². The smallest absolute Gasteiger partial charge is 0.0541 e. The Kier molecular flexibility index (Phi) is 7.87. The SMILES string of the molecule is C#CCC1=C(/C=C(\C)N(c2ccc(-c3ccc4c(c3)c3ccccc3n4-c3ccccc3)cc2)c2cccc3ccccc23)C(C)(C)c2ccccc21. The maximum Gasteiger partial charge on any atom is 0.0541 e. The monoisotopic (exact) mass is 680 g/mol. The van der Waals surface area contributed by atoms with Crippen molar-refractivity contribution in [1.82, 2.24) is 4.57 Å². The Labute approximate surface area is 312 Å². The van der Waals surface area contributed by atoms with Gasteiger partial charge in [-0.1, -0.05) is 129 Å². The molecule has 0 unspecified atom stereocenters. The minimum atomic E-state index is -0.180. The first-order chi connectivity index (χ1) is 25.9. The van der Waals surface area contributed by atoms with Crippen LogP contribution in [0.5, 0.6) is 0 Å². The first-order valence-corrected chi connectivity index (χ1v) is 18.4. The van der Waals surface area contributed by atoms with E-state index in [4.69, 9.17) is 6.42 Å². The predicted octanol–water partition coefficient (Wildman–Crippen LogP) is 13.4. The van der Waals surface area contributed by atoms with Gasteiger partial charge in [-0.15, -0.1) is 12.3 Å². The highest BCUT2D eigenvalue weighted by Crippen LogP contribution is 2.49. The highest BCUT2D eigenvalue weighted by Gasteiger charge is 2.36. The van der Waals surface area contributed by atoms with Crippen LogP contribution in [0.2, 0.25) is 0 Å². The molecule has 53 heavy (non-hydrogen) atoms. The number of benzene rings is 7. The number of rotatable bonds is 7. The van der Waals surface area contributed by atoms with Gasteiger partial charge in [-0.05, 0) is 100 Å². The Balaban J connectivity index is 1.17. The highest BCUT2D eigenvalue weighted by molar-refractivity contribution is 6.10. The van der Waals surface area contributed by atoms with E-state index in [1.54, 1.807) is 0 Å². The first-order valence-electron chi connectivity index (χ1n) is 18.4. The van der Waals surface area contributed by atoms with E-state index in [1.165, 1.54) is 71.7 Å². The topological polar surface area (TPSA) is 8.17 Å². The van der Waals surface area contributed by atoms with Gasteiger partial charge in [-0.3, -0.25) is 0 Å². The van der Waals surface area contributed by atoms with Crippen molar-refractivity contribution in [2.75, 3.05) is 4.90 Å². The van der Waals surface area contributed by atoms with E-state index in [9.17, 15) is 0 Å². The van der Waals surface area contributed by atoms with Crippen molar-refractivity contribution in [2.45, 2.75) is 32.6 Å². The second-order valence-electron chi connectivity index (χ2n) is 14.5. The summed E-state index contributed by atoms with van der Waals surface area (Å²) in [6.45, 7) is 6.87. The third-order valence-electron chi connectivity index (χ3n) is 11.1. The Bertz CT molecular complexity index is 2780. The molecule has 8 aromatic rings. The molecular formula is C51H40N2. The molecule has 2 heteroatoms. The molecule has 0 N–H and O–H groups in total. The van der Waals surface area contributed by atoms with Crippen LogP contribution < -0.4 is 4.90 Å². The van der Waals surface area contributed by atoms with E-state index >= 15 is 0 Å². The zero-order chi connectivity index (χ0) is 36.1. The van der Waals surface area contributed by atoms with E-state index in [0.29, 0.717) is 6.42 Å². The maximum absolute atomic E-state index is 5.98. The predicted molar refractivity (Wildman–Crippen MR) is 226 cm³/mol. The molecule has 9 rings (SSSR count). The van der Waals surface area contributed by atoms with Crippen LogP contribution in [0.1, 0.15) is 38.3 Å². The molecule has 0 aliphatic heterocycles. The summed E-state index contributed by atoms with van der Waals surface area (Å²) in [5, 5.41) is 4.92. The quantitative estimate of drug-likeness (QED) is 0.152. The normalized spacial score (nSPS) is 13.8. The van der Waals surface area contributed by atoms with Gasteiger partial charge in [0.15, 0.2) is 0 Å². The molecule has 0 fully saturated rings. The van der Waals surface area contributed by atoms with E-state index in [0.717, 1.165) is 17.1 Å². The van der Waals surface area contributed by atoms with Gasteiger partial charge in [0, 0.05) is 45.1 Å². The van der Waals surface area contributed by atoms with Gasteiger partial charge < -0.3 is 9.47 Å². The minimum absolute atomic E-state index is 0.180. The summed E-state index contributed by atoms with van der Waals surface area (Å²) in [4.78, 5) is 2.41. The van der Waals surface area contributed by atoms with Crippen LogP contribution in [0.3, 0.4) is 0 Å². The van der Waals surface area contributed by atoms with Gasteiger partial charge in [0.25, 0.3) is 0 Å². The van der Waals surface area contributed by atoms with Crippen molar-refractivity contribution in [3.8, 4) is 29.2 Å². The lowest BCUT2D eigenvalue weighted by atomic mass is 9.80. The summed E-state index contributed by atoms with van der Waals surface area (Å²) in [5.41, 5.74) is 14.3. The molecule has 7 aromatic carbocycles. The third-order valence-corrected chi connectivity index (χ3v) is 11.1. The van der Waals surface area contributed by atoms with Crippen LogP contribution in [0.4, 0.5) is 11.4 Å². The van der Waals surface area contributed by atoms with Crippen LogP contribution >= 0.6 is 0 Å². The summed E-state index contributed by atoms with van der Waals surface area (Å²) in [7, 11) is 0. The number of hydrogen-bond donors (Lipinski definition) is 0. The molecule has 1 aliphatic rings. The van der Waals surface area contributed by atoms with Gasteiger partial charge in [0.05, 0.1) is 16.7 Å². The number of nitrogens with zero attached hydrogens (tertiary/aromatic N) is 2. The first kappa shape index (κ1) is 32.4. The second kappa shape index (κ2) is 12.9. The number of anilines is 2. The van der Waals surface area contributed by atoms with Crippen molar-refractivity contribution >= 4 is 49.5 Å². The Morgan fingerprint density at radius 1 is 0.660 bits per heavy atom. The van der Waals surface area contributed by atoms with Crippen molar-refractivity contribution in [3.05, 3.63) is 192 Å². The van der Waals surface area contributed by atoms with Gasteiger partial charge >= 0.3 is 0 Å². The van der Waals surface area contributed by atoms with E-state index < -0.39 is 0 Å². The lowest BCUT2D eigenvalue weighted by Gasteiger charge is -2.30. The molecule has 1 heterocycles. The minimum Gasteiger partial charge on any atom is -0.314 e. The molecule has 1 aliphatic carbocycles. The third kappa shape index (κ3) is 5.36. The van der Waals surface area contributed by atoms with E-state index in [2.05, 4.69) is 206 Å². The summed E-state index contributed by atoms with van der Waals surface area (Å²) < 4.78 is 2.36.